The summed E-state index contributed by atoms with van der Waals surface area (Å²) in [5, 5.41) is 5.10. The lowest BCUT2D eigenvalue weighted by atomic mass is 9.71. The summed E-state index contributed by atoms with van der Waals surface area (Å²) in [6.45, 7) is 1.09. The van der Waals surface area contributed by atoms with Crippen molar-refractivity contribution in [1.29, 1.82) is 0 Å². The molecule has 0 radical (unpaired) electrons. The van der Waals surface area contributed by atoms with E-state index >= 15 is 0 Å². The number of nitrogens with one attached hydrogen (secondary N) is 2. The first-order valence-electron chi connectivity index (χ1n) is 7.37. The van der Waals surface area contributed by atoms with Crippen molar-refractivity contribution in [2.45, 2.75) is 25.3 Å². The summed E-state index contributed by atoms with van der Waals surface area (Å²) < 4.78 is 0. The number of aromatic nitrogens is 1. The fraction of sp³-hybridized carbons (Fsp3) is 0.412. The van der Waals surface area contributed by atoms with Crippen LogP contribution in [0.4, 0.5) is 0 Å². The lowest BCUT2D eigenvalue weighted by Crippen LogP contribution is -2.48. The van der Waals surface area contributed by atoms with Gasteiger partial charge < -0.3 is 10.3 Å². The van der Waals surface area contributed by atoms with Crippen molar-refractivity contribution < 1.29 is 0 Å². The van der Waals surface area contributed by atoms with E-state index in [1.807, 2.05) is 0 Å². The van der Waals surface area contributed by atoms with Crippen LogP contribution < -0.4 is 5.32 Å². The molecule has 19 heavy (non-hydrogen) atoms. The molecule has 0 spiro atoms. The molecule has 2 aliphatic carbocycles. The van der Waals surface area contributed by atoms with Crippen molar-refractivity contribution in [3.8, 4) is 0 Å². The molecular weight excluding hydrogens is 232 g/mol. The Morgan fingerprint density at radius 3 is 3.16 bits per heavy atom. The largest absolute Gasteiger partial charge is 0.361 e. The van der Waals surface area contributed by atoms with Gasteiger partial charge in [-0.3, -0.25) is 0 Å². The average Bonchev–Trinajstić information content (AvgIpc) is 2.99. The summed E-state index contributed by atoms with van der Waals surface area (Å²) in [5.74, 6) is 1.77. The molecule has 1 aromatic heterocycles. The van der Waals surface area contributed by atoms with E-state index in [4.69, 9.17) is 0 Å². The van der Waals surface area contributed by atoms with Crippen molar-refractivity contribution in [2.24, 2.45) is 11.8 Å². The van der Waals surface area contributed by atoms with Crippen molar-refractivity contribution in [1.82, 2.24) is 10.3 Å². The van der Waals surface area contributed by atoms with E-state index < -0.39 is 0 Å². The Morgan fingerprint density at radius 1 is 1.26 bits per heavy atom. The molecule has 4 rings (SSSR count). The van der Waals surface area contributed by atoms with Gasteiger partial charge in [0.05, 0.1) is 0 Å². The van der Waals surface area contributed by atoms with Gasteiger partial charge in [-0.25, -0.2) is 0 Å². The van der Waals surface area contributed by atoms with E-state index in [2.05, 4.69) is 52.9 Å². The van der Waals surface area contributed by atoms with Gasteiger partial charge in [-0.2, -0.15) is 0 Å². The van der Waals surface area contributed by atoms with Crippen LogP contribution in [0.1, 0.15) is 18.4 Å². The maximum Gasteiger partial charge on any atom is 0.0456 e. The highest BCUT2D eigenvalue weighted by Gasteiger charge is 2.40. The Hall–Kier alpha value is -1.54. The molecule has 2 N–H and O–H groups in total. The van der Waals surface area contributed by atoms with Crippen LogP contribution in [0, 0.1) is 11.8 Å². The molecule has 2 aliphatic rings. The first-order chi connectivity index (χ1) is 9.42. The number of aromatic amines is 1. The maximum atomic E-state index is 3.73. The third kappa shape index (κ3) is 1.91. The molecule has 0 amide bonds. The third-order valence-corrected chi connectivity index (χ3v) is 4.84. The minimum absolute atomic E-state index is 0.731. The summed E-state index contributed by atoms with van der Waals surface area (Å²) in [6, 6.07) is 9.29. The van der Waals surface area contributed by atoms with Gasteiger partial charge in [0.1, 0.15) is 0 Å². The lowest BCUT2D eigenvalue weighted by molar-refractivity contribution is 0.164. The molecule has 0 bridgehead atoms. The predicted octanol–water partition coefficient (Wildman–Crippen LogP) is 3.26. The zero-order valence-corrected chi connectivity index (χ0v) is 11.1. The Labute approximate surface area is 113 Å². The quantitative estimate of drug-likeness (QED) is 0.803. The van der Waals surface area contributed by atoms with Gasteiger partial charge in [-0.05, 0) is 49.3 Å². The van der Waals surface area contributed by atoms with E-state index in [9.17, 15) is 0 Å². The van der Waals surface area contributed by atoms with Gasteiger partial charge in [0.15, 0.2) is 0 Å². The van der Waals surface area contributed by atoms with Gasteiger partial charge >= 0.3 is 0 Å². The standard InChI is InChI=1S/C17H20N2/c1-2-7-16-15(5-1)13(11-19-16)8-9-18-17-10-12-4-3-6-14(12)17/h1-3,5-7,11-12,14,17-19H,4,8-10H2. The summed E-state index contributed by atoms with van der Waals surface area (Å²) >= 11 is 0. The van der Waals surface area contributed by atoms with Gasteiger partial charge in [0, 0.05) is 23.1 Å². The number of allylic oxidation sites excluding steroid dienone is 1. The Morgan fingerprint density at radius 2 is 2.21 bits per heavy atom. The SMILES string of the molecule is C1=CC2C(C1)CC2NCCc1c[nH]c2ccccc12. The second kappa shape index (κ2) is 4.53. The highest BCUT2D eigenvalue weighted by Crippen LogP contribution is 2.42. The number of hydrogen-bond acceptors (Lipinski definition) is 1. The highest BCUT2D eigenvalue weighted by atomic mass is 14.9. The van der Waals surface area contributed by atoms with Gasteiger partial charge in [0.25, 0.3) is 0 Å². The van der Waals surface area contributed by atoms with Crippen LogP contribution in [-0.2, 0) is 6.42 Å². The first-order valence-corrected chi connectivity index (χ1v) is 7.37. The van der Waals surface area contributed by atoms with Gasteiger partial charge in [-0.1, -0.05) is 30.4 Å². The Kier molecular flexibility index (Phi) is 2.70. The molecule has 98 valence electrons. The lowest BCUT2D eigenvalue weighted by Gasteiger charge is -2.40. The van der Waals surface area contributed by atoms with Crippen LogP contribution in [0.3, 0.4) is 0 Å². The van der Waals surface area contributed by atoms with Crippen LogP contribution in [0.5, 0.6) is 0 Å². The molecule has 1 fully saturated rings. The minimum atomic E-state index is 0.731. The fourth-order valence-corrected chi connectivity index (χ4v) is 3.68. The third-order valence-electron chi connectivity index (χ3n) is 4.84. The van der Waals surface area contributed by atoms with Crippen LogP contribution in [0.25, 0.3) is 10.9 Å². The van der Waals surface area contributed by atoms with Crippen LogP contribution in [0.2, 0.25) is 0 Å². The molecule has 2 heteroatoms. The topological polar surface area (TPSA) is 27.8 Å². The van der Waals surface area contributed by atoms with E-state index in [-0.39, 0.29) is 0 Å². The molecule has 0 aliphatic heterocycles. The zero-order valence-electron chi connectivity index (χ0n) is 11.1. The van der Waals surface area contributed by atoms with E-state index in [1.54, 1.807) is 0 Å². The summed E-state index contributed by atoms with van der Waals surface area (Å²) in [5.41, 5.74) is 2.68. The summed E-state index contributed by atoms with van der Waals surface area (Å²) in [4.78, 5) is 3.35. The number of hydrogen-bond donors (Lipinski definition) is 2. The smallest absolute Gasteiger partial charge is 0.0456 e. The van der Waals surface area contributed by atoms with Crippen LogP contribution in [-0.4, -0.2) is 17.6 Å². The second-order valence-corrected chi connectivity index (χ2v) is 5.91. The molecule has 1 saturated carbocycles. The fourth-order valence-electron chi connectivity index (χ4n) is 3.68. The van der Waals surface area contributed by atoms with Gasteiger partial charge in [-0.15, -0.1) is 0 Å². The van der Waals surface area contributed by atoms with Crippen molar-refractivity contribution in [3.63, 3.8) is 0 Å². The van der Waals surface area contributed by atoms with E-state index in [0.717, 1.165) is 30.8 Å². The zero-order chi connectivity index (χ0) is 12.7. The van der Waals surface area contributed by atoms with E-state index in [0.29, 0.717) is 0 Å². The van der Waals surface area contributed by atoms with Crippen molar-refractivity contribution >= 4 is 10.9 Å². The van der Waals surface area contributed by atoms with Crippen LogP contribution >= 0.6 is 0 Å². The van der Waals surface area contributed by atoms with Crippen molar-refractivity contribution in [3.05, 3.63) is 48.2 Å². The highest BCUT2D eigenvalue weighted by molar-refractivity contribution is 5.83. The normalized spacial score (nSPS) is 28.5. The monoisotopic (exact) mass is 252 g/mol. The molecule has 1 heterocycles. The van der Waals surface area contributed by atoms with E-state index in [1.165, 1.54) is 29.3 Å². The second-order valence-electron chi connectivity index (χ2n) is 5.91. The number of rotatable bonds is 4. The number of fused-ring (bicyclic) bond motifs is 2. The molecule has 2 nitrogen and oxygen atoms in total. The molecule has 3 atom stereocenters. The molecule has 3 unspecified atom stereocenters. The van der Waals surface area contributed by atoms with Crippen molar-refractivity contribution in [2.75, 3.05) is 6.54 Å². The maximum absolute atomic E-state index is 3.73. The Bertz CT molecular complexity index is 611. The molecular formula is C17H20N2. The predicted molar refractivity (Wildman–Crippen MR) is 79.1 cm³/mol. The average molecular weight is 252 g/mol. The van der Waals surface area contributed by atoms with Crippen LogP contribution in [0.15, 0.2) is 42.6 Å². The summed E-state index contributed by atoms with van der Waals surface area (Å²) in [7, 11) is 0. The first kappa shape index (κ1) is 11.3. The summed E-state index contributed by atoms with van der Waals surface area (Å²) in [6.07, 6.45) is 10.7. The number of H-pyrrole nitrogens is 1. The number of para-hydroxylation sites is 1. The molecule has 0 saturated heterocycles. The molecule has 1 aromatic carbocycles. The van der Waals surface area contributed by atoms with Gasteiger partial charge in [0.2, 0.25) is 0 Å². The number of benzene rings is 1. The Balaban J connectivity index is 1.36. The molecule has 2 aromatic rings. The minimum Gasteiger partial charge on any atom is -0.361 e.